The Bertz CT molecular complexity index is 845. The molecule has 2 fully saturated rings. The molecule has 1 aromatic heterocycles. The topological polar surface area (TPSA) is 52.6 Å². The third-order valence-electron chi connectivity index (χ3n) is 5.52. The molecule has 0 N–H and O–H groups in total. The lowest BCUT2D eigenvalue weighted by Crippen LogP contribution is -2.50. The highest BCUT2D eigenvalue weighted by Crippen LogP contribution is 2.24. The lowest BCUT2D eigenvalue weighted by Gasteiger charge is -2.36. The summed E-state index contributed by atoms with van der Waals surface area (Å²) in [6.45, 7) is 6.30. The van der Waals surface area contributed by atoms with E-state index in [4.69, 9.17) is 0 Å². The van der Waals surface area contributed by atoms with Gasteiger partial charge in [0.1, 0.15) is 23.8 Å². The highest BCUT2D eigenvalue weighted by atomic mass is 19.1. The zero-order valence-electron chi connectivity index (χ0n) is 16.2. The van der Waals surface area contributed by atoms with Crippen molar-refractivity contribution in [3.63, 3.8) is 0 Å². The van der Waals surface area contributed by atoms with Crippen LogP contribution >= 0.6 is 0 Å². The molecule has 1 amide bonds. The van der Waals surface area contributed by atoms with E-state index in [2.05, 4.69) is 21.8 Å². The number of carbonyl (C=O) groups is 1. The Morgan fingerprint density at radius 1 is 1.11 bits per heavy atom. The first-order valence-corrected chi connectivity index (χ1v) is 9.92. The highest BCUT2D eigenvalue weighted by molar-refractivity contribution is 5.82. The summed E-state index contributed by atoms with van der Waals surface area (Å²) in [6, 6.07) is 8.41. The van der Waals surface area contributed by atoms with Crippen LogP contribution in [0.15, 0.2) is 36.7 Å². The summed E-state index contributed by atoms with van der Waals surface area (Å²) in [7, 11) is 0. The molecule has 1 unspecified atom stereocenters. The minimum Gasteiger partial charge on any atom is -0.356 e. The number of halogens is 1. The Morgan fingerprint density at radius 2 is 1.93 bits per heavy atom. The summed E-state index contributed by atoms with van der Waals surface area (Å²) in [6.07, 6.45) is 4.03. The van der Waals surface area contributed by atoms with Crippen molar-refractivity contribution in [2.45, 2.75) is 26.3 Å². The molecule has 4 rings (SSSR count). The molecular formula is C21H26FN5O. The number of hydrogen-bond acceptors (Lipinski definition) is 5. The average molecular weight is 383 g/mol. The number of benzene rings is 1. The van der Waals surface area contributed by atoms with Gasteiger partial charge in [0.2, 0.25) is 5.91 Å². The van der Waals surface area contributed by atoms with Gasteiger partial charge in [0.15, 0.2) is 0 Å². The maximum absolute atomic E-state index is 13.4. The molecule has 1 aromatic carbocycles. The van der Waals surface area contributed by atoms with Gasteiger partial charge in [-0.1, -0.05) is 19.1 Å². The van der Waals surface area contributed by atoms with E-state index in [1.807, 2.05) is 17.0 Å². The number of aromatic nitrogens is 2. The number of nitrogens with zero attached hydrogens (tertiary/aromatic N) is 5. The van der Waals surface area contributed by atoms with E-state index >= 15 is 0 Å². The second kappa shape index (κ2) is 8.12. The molecule has 7 heteroatoms. The van der Waals surface area contributed by atoms with Gasteiger partial charge < -0.3 is 14.7 Å². The van der Waals surface area contributed by atoms with Crippen LogP contribution in [0.4, 0.5) is 16.0 Å². The van der Waals surface area contributed by atoms with Gasteiger partial charge in [-0.15, -0.1) is 0 Å². The maximum atomic E-state index is 13.4. The molecule has 2 aliphatic heterocycles. The summed E-state index contributed by atoms with van der Waals surface area (Å²) in [5.41, 5.74) is 0.811. The number of hydrogen-bond donors (Lipinski definition) is 0. The average Bonchev–Trinajstić information content (AvgIpc) is 2.70. The van der Waals surface area contributed by atoms with E-state index in [0.29, 0.717) is 25.6 Å². The van der Waals surface area contributed by atoms with Crippen molar-refractivity contribution < 1.29 is 9.18 Å². The lowest BCUT2D eigenvalue weighted by molar-refractivity contribution is -0.131. The zero-order valence-corrected chi connectivity index (χ0v) is 16.2. The molecule has 28 heavy (non-hydrogen) atoms. The maximum Gasteiger partial charge on any atom is 0.242 e. The number of piperidine rings is 1. The van der Waals surface area contributed by atoms with Gasteiger partial charge in [-0.25, -0.2) is 14.4 Å². The Labute approximate surface area is 165 Å². The minimum atomic E-state index is -0.274. The predicted octanol–water partition coefficient (Wildman–Crippen LogP) is 2.70. The van der Waals surface area contributed by atoms with Crippen LogP contribution in [0.5, 0.6) is 0 Å². The van der Waals surface area contributed by atoms with E-state index < -0.39 is 0 Å². The molecule has 0 saturated carbocycles. The third kappa shape index (κ3) is 4.24. The van der Waals surface area contributed by atoms with Crippen LogP contribution in [0, 0.1) is 11.7 Å². The highest BCUT2D eigenvalue weighted by Gasteiger charge is 2.26. The fourth-order valence-electron chi connectivity index (χ4n) is 4.01. The summed E-state index contributed by atoms with van der Waals surface area (Å²) in [5.74, 6) is 2.15. The van der Waals surface area contributed by atoms with Gasteiger partial charge in [-0.3, -0.25) is 4.79 Å². The molecular weight excluding hydrogens is 357 g/mol. The first-order chi connectivity index (χ1) is 13.6. The van der Waals surface area contributed by atoms with Gasteiger partial charge in [0.05, 0.1) is 6.54 Å². The number of rotatable bonds is 4. The van der Waals surface area contributed by atoms with Crippen molar-refractivity contribution >= 4 is 17.5 Å². The standard InChI is InChI=1S/C21H26FN5O/c1-16-4-3-7-25(12-16)19-11-20(24-15-23-19)26-8-9-27(21(28)14-26)13-17-5-2-6-18(22)10-17/h2,5-6,10-11,15-16H,3-4,7-9,12-14H2,1H3. The monoisotopic (exact) mass is 383 g/mol. The Balaban J connectivity index is 1.41. The molecule has 1 atom stereocenters. The summed E-state index contributed by atoms with van der Waals surface area (Å²) >= 11 is 0. The molecule has 0 bridgehead atoms. The third-order valence-corrected chi connectivity index (χ3v) is 5.52. The Hall–Kier alpha value is -2.70. The fourth-order valence-corrected chi connectivity index (χ4v) is 4.01. The first kappa shape index (κ1) is 18.7. The second-order valence-electron chi connectivity index (χ2n) is 7.79. The summed E-state index contributed by atoms with van der Waals surface area (Å²) in [4.78, 5) is 27.6. The van der Waals surface area contributed by atoms with Crippen molar-refractivity contribution in [3.8, 4) is 0 Å². The van der Waals surface area contributed by atoms with E-state index in [-0.39, 0.29) is 18.3 Å². The van der Waals surface area contributed by atoms with Gasteiger partial charge >= 0.3 is 0 Å². The molecule has 2 aliphatic rings. The van der Waals surface area contributed by atoms with Crippen molar-refractivity contribution in [3.05, 3.63) is 48.0 Å². The molecule has 0 aliphatic carbocycles. The Kier molecular flexibility index (Phi) is 5.41. The van der Waals surface area contributed by atoms with Gasteiger partial charge in [-0.2, -0.15) is 0 Å². The van der Waals surface area contributed by atoms with Gasteiger partial charge in [0.25, 0.3) is 0 Å². The molecule has 0 radical (unpaired) electrons. The van der Waals surface area contributed by atoms with Gasteiger partial charge in [0, 0.05) is 38.8 Å². The van der Waals surface area contributed by atoms with E-state index in [0.717, 1.165) is 30.3 Å². The lowest BCUT2D eigenvalue weighted by atomic mass is 10.0. The second-order valence-corrected chi connectivity index (χ2v) is 7.79. The van der Waals surface area contributed by atoms with Crippen LogP contribution in [-0.4, -0.2) is 53.5 Å². The molecule has 148 valence electrons. The fraction of sp³-hybridized carbons (Fsp3) is 0.476. The van der Waals surface area contributed by atoms with Crippen molar-refractivity contribution in [2.75, 3.05) is 42.5 Å². The number of anilines is 2. The molecule has 6 nitrogen and oxygen atoms in total. The van der Waals surface area contributed by atoms with Crippen LogP contribution in [0.2, 0.25) is 0 Å². The van der Waals surface area contributed by atoms with Crippen LogP contribution < -0.4 is 9.80 Å². The van der Waals surface area contributed by atoms with Crippen molar-refractivity contribution in [2.24, 2.45) is 5.92 Å². The smallest absolute Gasteiger partial charge is 0.242 e. The number of amides is 1. The van der Waals surface area contributed by atoms with E-state index in [1.54, 1.807) is 17.3 Å². The predicted molar refractivity (Wildman–Crippen MR) is 107 cm³/mol. The molecule has 0 spiro atoms. The number of piperazine rings is 1. The molecule has 2 saturated heterocycles. The van der Waals surface area contributed by atoms with E-state index in [9.17, 15) is 9.18 Å². The van der Waals surface area contributed by atoms with Crippen LogP contribution in [-0.2, 0) is 11.3 Å². The minimum absolute atomic E-state index is 0.0299. The quantitative estimate of drug-likeness (QED) is 0.813. The number of carbonyl (C=O) groups excluding carboxylic acids is 1. The van der Waals surface area contributed by atoms with Crippen LogP contribution in [0.3, 0.4) is 0 Å². The Morgan fingerprint density at radius 3 is 2.68 bits per heavy atom. The SMILES string of the molecule is CC1CCCN(c2cc(N3CCN(Cc4cccc(F)c4)C(=O)C3)ncn2)C1. The largest absolute Gasteiger partial charge is 0.356 e. The molecule has 2 aromatic rings. The van der Waals surface area contributed by atoms with Gasteiger partial charge in [-0.05, 0) is 36.5 Å². The normalized spacial score (nSPS) is 20.6. The van der Waals surface area contributed by atoms with Crippen molar-refractivity contribution in [1.82, 2.24) is 14.9 Å². The van der Waals surface area contributed by atoms with Crippen LogP contribution in [0.25, 0.3) is 0 Å². The zero-order chi connectivity index (χ0) is 19.5. The molecule has 3 heterocycles. The van der Waals surface area contributed by atoms with E-state index in [1.165, 1.54) is 25.0 Å². The van der Waals surface area contributed by atoms with Crippen LogP contribution in [0.1, 0.15) is 25.3 Å². The van der Waals surface area contributed by atoms with Crippen molar-refractivity contribution in [1.29, 1.82) is 0 Å². The summed E-state index contributed by atoms with van der Waals surface area (Å²) < 4.78 is 13.4. The first-order valence-electron chi connectivity index (χ1n) is 9.92. The summed E-state index contributed by atoms with van der Waals surface area (Å²) in [5, 5.41) is 0.